The lowest BCUT2D eigenvalue weighted by atomic mass is 9.90. The van der Waals surface area contributed by atoms with Crippen LogP contribution in [0.3, 0.4) is 0 Å². The Morgan fingerprint density at radius 1 is 1.32 bits per heavy atom. The van der Waals surface area contributed by atoms with E-state index in [4.69, 9.17) is 15.2 Å². The molecule has 0 radical (unpaired) electrons. The standard InChI is InChI=1S/C14H20N2O3/c1-14(2,3)5-4-13(17)16-10-7-12-11(6-9(10)15)18-8-19-12/h6-7H,4-5,8,15H2,1-3H3,(H,16,17). The number of hydrogen-bond acceptors (Lipinski definition) is 4. The second-order valence-electron chi connectivity index (χ2n) is 5.90. The molecule has 5 nitrogen and oxygen atoms in total. The summed E-state index contributed by atoms with van der Waals surface area (Å²) in [6, 6.07) is 3.37. The van der Waals surface area contributed by atoms with E-state index in [1.165, 1.54) is 0 Å². The molecular formula is C14H20N2O3. The molecule has 3 N–H and O–H groups in total. The molecule has 1 aliphatic heterocycles. The zero-order valence-electron chi connectivity index (χ0n) is 11.6. The summed E-state index contributed by atoms with van der Waals surface area (Å²) in [6.07, 6.45) is 1.29. The highest BCUT2D eigenvalue weighted by molar-refractivity contribution is 5.94. The van der Waals surface area contributed by atoms with Gasteiger partial charge in [0.2, 0.25) is 12.7 Å². The summed E-state index contributed by atoms with van der Waals surface area (Å²) < 4.78 is 10.5. The lowest BCUT2D eigenvalue weighted by molar-refractivity contribution is -0.116. The van der Waals surface area contributed by atoms with Crippen molar-refractivity contribution in [2.24, 2.45) is 5.41 Å². The van der Waals surface area contributed by atoms with E-state index in [9.17, 15) is 4.79 Å². The number of hydrogen-bond donors (Lipinski definition) is 2. The Morgan fingerprint density at radius 2 is 1.95 bits per heavy atom. The molecule has 104 valence electrons. The molecule has 2 rings (SSSR count). The van der Waals surface area contributed by atoms with Crippen LogP contribution in [-0.4, -0.2) is 12.7 Å². The van der Waals surface area contributed by atoms with Crippen molar-refractivity contribution in [2.45, 2.75) is 33.6 Å². The molecular weight excluding hydrogens is 244 g/mol. The molecule has 1 amide bonds. The van der Waals surface area contributed by atoms with Crippen LogP contribution in [0, 0.1) is 5.41 Å². The first-order valence-electron chi connectivity index (χ1n) is 6.34. The number of rotatable bonds is 3. The predicted molar refractivity (Wildman–Crippen MR) is 74.3 cm³/mol. The van der Waals surface area contributed by atoms with Gasteiger partial charge in [-0.05, 0) is 11.8 Å². The topological polar surface area (TPSA) is 73.6 Å². The maximum absolute atomic E-state index is 11.9. The van der Waals surface area contributed by atoms with Crippen molar-refractivity contribution in [3.8, 4) is 11.5 Å². The molecule has 1 aromatic carbocycles. The summed E-state index contributed by atoms with van der Waals surface area (Å²) in [7, 11) is 0. The summed E-state index contributed by atoms with van der Waals surface area (Å²) in [6.45, 7) is 6.51. The number of nitrogens with one attached hydrogen (secondary N) is 1. The van der Waals surface area contributed by atoms with Crippen molar-refractivity contribution in [1.82, 2.24) is 0 Å². The first-order chi connectivity index (χ1) is 8.85. The smallest absolute Gasteiger partial charge is 0.231 e. The van der Waals surface area contributed by atoms with E-state index in [0.29, 0.717) is 29.3 Å². The van der Waals surface area contributed by atoms with Crippen molar-refractivity contribution in [3.05, 3.63) is 12.1 Å². The van der Waals surface area contributed by atoms with E-state index in [0.717, 1.165) is 6.42 Å². The van der Waals surface area contributed by atoms with E-state index in [2.05, 4.69) is 26.1 Å². The van der Waals surface area contributed by atoms with Crippen molar-refractivity contribution < 1.29 is 14.3 Å². The lowest BCUT2D eigenvalue weighted by Gasteiger charge is -2.17. The highest BCUT2D eigenvalue weighted by Gasteiger charge is 2.18. The minimum atomic E-state index is -0.0412. The number of anilines is 2. The molecule has 0 unspecified atom stereocenters. The molecule has 0 bridgehead atoms. The van der Waals surface area contributed by atoms with Crippen LogP contribution in [0.25, 0.3) is 0 Å². The van der Waals surface area contributed by atoms with Crippen molar-refractivity contribution in [2.75, 3.05) is 17.8 Å². The number of carbonyl (C=O) groups excluding carboxylic acids is 1. The number of nitrogens with two attached hydrogens (primary N) is 1. The van der Waals surface area contributed by atoms with Crippen LogP contribution < -0.4 is 20.5 Å². The fourth-order valence-electron chi connectivity index (χ4n) is 1.77. The number of fused-ring (bicyclic) bond motifs is 1. The molecule has 0 aromatic heterocycles. The Kier molecular flexibility index (Phi) is 3.55. The summed E-state index contributed by atoms with van der Waals surface area (Å²) in [5.41, 5.74) is 7.06. The highest BCUT2D eigenvalue weighted by atomic mass is 16.7. The molecule has 0 aliphatic carbocycles. The zero-order valence-corrected chi connectivity index (χ0v) is 11.6. The fourth-order valence-corrected chi connectivity index (χ4v) is 1.77. The van der Waals surface area contributed by atoms with Gasteiger partial charge in [0.1, 0.15) is 0 Å². The maximum Gasteiger partial charge on any atom is 0.231 e. The monoisotopic (exact) mass is 264 g/mol. The van der Waals surface area contributed by atoms with E-state index in [1.54, 1.807) is 12.1 Å². The second-order valence-corrected chi connectivity index (χ2v) is 5.90. The van der Waals surface area contributed by atoms with Crippen LogP contribution in [0.4, 0.5) is 11.4 Å². The number of benzene rings is 1. The van der Waals surface area contributed by atoms with Crippen LogP contribution in [0.15, 0.2) is 12.1 Å². The average molecular weight is 264 g/mol. The van der Waals surface area contributed by atoms with Gasteiger partial charge in [0.25, 0.3) is 0 Å². The lowest BCUT2D eigenvalue weighted by Crippen LogP contribution is -2.16. The summed E-state index contributed by atoms with van der Waals surface area (Å²) in [5, 5.41) is 2.81. The van der Waals surface area contributed by atoms with E-state index < -0.39 is 0 Å². The van der Waals surface area contributed by atoms with Gasteiger partial charge >= 0.3 is 0 Å². The van der Waals surface area contributed by atoms with E-state index in [-0.39, 0.29) is 18.1 Å². The Balaban J connectivity index is 2.01. The van der Waals surface area contributed by atoms with E-state index >= 15 is 0 Å². The average Bonchev–Trinajstić information content (AvgIpc) is 2.73. The SMILES string of the molecule is CC(C)(C)CCC(=O)Nc1cc2c(cc1N)OCO2. The quantitative estimate of drug-likeness (QED) is 0.823. The van der Waals surface area contributed by atoms with Gasteiger partial charge in [0.05, 0.1) is 11.4 Å². The molecule has 5 heteroatoms. The van der Waals surface area contributed by atoms with Crippen molar-refractivity contribution in [1.29, 1.82) is 0 Å². The fraction of sp³-hybridized carbons (Fsp3) is 0.500. The molecule has 19 heavy (non-hydrogen) atoms. The van der Waals surface area contributed by atoms with Gasteiger partial charge in [-0.1, -0.05) is 20.8 Å². The molecule has 1 heterocycles. The summed E-state index contributed by atoms with van der Waals surface area (Å²) >= 11 is 0. The number of amides is 1. The minimum Gasteiger partial charge on any atom is -0.454 e. The third-order valence-corrected chi connectivity index (χ3v) is 2.92. The van der Waals surface area contributed by atoms with Gasteiger partial charge in [-0.25, -0.2) is 0 Å². The third-order valence-electron chi connectivity index (χ3n) is 2.92. The minimum absolute atomic E-state index is 0.0412. The van der Waals surface area contributed by atoms with Crippen LogP contribution in [0.2, 0.25) is 0 Å². The second kappa shape index (κ2) is 4.99. The number of nitrogen functional groups attached to an aromatic ring is 1. The van der Waals surface area contributed by atoms with Crippen molar-refractivity contribution in [3.63, 3.8) is 0 Å². The molecule has 1 aliphatic rings. The first-order valence-corrected chi connectivity index (χ1v) is 6.34. The summed E-state index contributed by atoms with van der Waals surface area (Å²) in [5.74, 6) is 1.19. The van der Waals surface area contributed by atoms with Gasteiger partial charge in [-0.15, -0.1) is 0 Å². The zero-order chi connectivity index (χ0) is 14.0. The molecule has 0 fully saturated rings. The largest absolute Gasteiger partial charge is 0.454 e. The Hall–Kier alpha value is -1.91. The maximum atomic E-state index is 11.9. The Bertz CT molecular complexity index is 492. The normalized spacial score (nSPS) is 13.4. The molecule has 0 saturated heterocycles. The molecule has 1 aromatic rings. The number of ether oxygens (including phenoxy) is 2. The van der Waals surface area contributed by atoms with E-state index in [1.807, 2.05) is 0 Å². The summed E-state index contributed by atoms with van der Waals surface area (Å²) in [4.78, 5) is 11.9. The van der Waals surface area contributed by atoms with Gasteiger partial charge in [-0.2, -0.15) is 0 Å². The molecule has 0 atom stereocenters. The van der Waals surface area contributed by atoms with Gasteiger partial charge in [-0.3, -0.25) is 4.79 Å². The van der Waals surface area contributed by atoms with Crippen LogP contribution >= 0.6 is 0 Å². The van der Waals surface area contributed by atoms with Crippen LogP contribution in [0.1, 0.15) is 33.6 Å². The van der Waals surface area contributed by atoms with Gasteiger partial charge in [0.15, 0.2) is 11.5 Å². The van der Waals surface area contributed by atoms with Crippen LogP contribution in [-0.2, 0) is 4.79 Å². The Morgan fingerprint density at radius 3 is 2.58 bits per heavy atom. The van der Waals surface area contributed by atoms with Gasteiger partial charge < -0.3 is 20.5 Å². The molecule has 0 spiro atoms. The number of carbonyl (C=O) groups is 1. The van der Waals surface area contributed by atoms with Crippen molar-refractivity contribution >= 4 is 17.3 Å². The predicted octanol–water partition coefficient (Wildman–Crippen LogP) is 2.76. The van der Waals surface area contributed by atoms with Gasteiger partial charge in [0, 0.05) is 18.6 Å². The van der Waals surface area contributed by atoms with Crippen LogP contribution in [0.5, 0.6) is 11.5 Å². The molecule has 0 saturated carbocycles. The highest BCUT2D eigenvalue weighted by Crippen LogP contribution is 2.38. The third kappa shape index (κ3) is 3.53. The Labute approximate surface area is 113 Å². The first kappa shape index (κ1) is 13.5.